The number of carbonyl (C=O) groups is 1. The van der Waals surface area contributed by atoms with Crippen LogP contribution in [0.15, 0.2) is 36.8 Å². The third-order valence-electron chi connectivity index (χ3n) is 10.9. The molecule has 0 bridgehead atoms. The summed E-state index contributed by atoms with van der Waals surface area (Å²) in [6.45, 7) is 13.1. The van der Waals surface area contributed by atoms with Gasteiger partial charge in [0.25, 0.3) is 5.91 Å². The van der Waals surface area contributed by atoms with Gasteiger partial charge in [0.15, 0.2) is 11.6 Å². The third-order valence-corrected chi connectivity index (χ3v) is 10.9. The molecule has 3 aliphatic heterocycles. The average molecular weight is 670 g/mol. The average Bonchev–Trinajstić information content (AvgIpc) is 3.77. The first-order valence-electron chi connectivity index (χ1n) is 17.6. The van der Waals surface area contributed by atoms with E-state index in [-0.39, 0.29) is 43.9 Å². The van der Waals surface area contributed by atoms with Crippen LogP contribution in [-0.2, 0) is 17.6 Å². The third kappa shape index (κ3) is 5.96. The molecule has 0 spiro atoms. The van der Waals surface area contributed by atoms with E-state index in [2.05, 4.69) is 34.5 Å². The van der Waals surface area contributed by atoms with Gasteiger partial charge in [-0.3, -0.25) is 14.7 Å². The van der Waals surface area contributed by atoms with Crippen LogP contribution in [0, 0.1) is 6.57 Å². The first-order valence-corrected chi connectivity index (χ1v) is 17.6. The quantitative estimate of drug-likeness (QED) is 0.219. The maximum atomic E-state index is 14.6. The lowest BCUT2D eigenvalue weighted by Crippen LogP contribution is -2.56. The molecule has 1 aromatic carbocycles. The van der Waals surface area contributed by atoms with E-state index in [0.717, 1.165) is 62.7 Å². The summed E-state index contributed by atoms with van der Waals surface area (Å²) >= 11 is 0. The Morgan fingerprint density at radius 2 is 1.98 bits per heavy atom. The van der Waals surface area contributed by atoms with Crippen molar-refractivity contribution in [3.05, 3.63) is 59.3 Å². The molecule has 12 heteroatoms. The topological polar surface area (TPSA) is 88.3 Å². The molecule has 5 heterocycles. The number of hydrogen-bond acceptors (Lipinski definition) is 8. The number of hydrogen-bond donors (Lipinski definition) is 0. The molecule has 3 atom stereocenters. The first-order chi connectivity index (χ1) is 23.8. The molecule has 3 saturated heterocycles. The number of aromatic nitrogens is 3. The summed E-state index contributed by atoms with van der Waals surface area (Å²) in [5.74, 6) is -0.703. The van der Waals surface area contributed by atoms with Crippen LogP contribution in [0.4, 0.5) is 14.6 Å². The van der Waals surface area contributed by atoms with Gasteiger partial charge >= 0.3 is 6.01 Å². The zero-order valence-corrected chi connectivity index (χ0v) is 27.7. The Hall–Kier alpha value is -4.37. The van der Waals surface area contributed by atoms with Crippen LogP contribution in [0.1, 0.15) is 56.1 Å². The van der Waals surface area contributed by atoms with Crippen LogP contribution in [0.2, 0.25) is 0 Å². The van der Waals surface area contributed by atoms with Crippen molar-refractivity contribution in [2.75, 3.05) is 50.8 Å². The van der Waals surface area contributed by atoms with Crippen molar-refractivity contribution in [1.29, 1.82) is 0 Å². The van der Waals surface area contributed by atoms with Crippen molar-refractivity contribution in [2.45, 2.75) is 81.6 Å². The Balaban J connectivity index is 1.24. The maximum absolute atomic E-state index is 14.6. The summed E-state index contributed by atoms with van der Waals surface area (Å²) < 4.78 is 41.7. The number of fused-ring (bicyclic) bond motifs is 3. The monoisotopic (exact) mass is 669 g/mol. The summed E-state index contributed by atoms with van der Waals surface area (Å²) in [5.41, 5.74) is 4.62. The van der Waals surface area contributed by atoms with E-state index in [1.807, 2.05) is 4.90 Å². The molecule has 2 aromatic heterocycles. The smallest absolute Gasteiger partial charge is 0.319 e. The van der Waals surface area contributed by atoms with Gasteiger partial charge in [-0.05, 0) is 69.0 Å². The summed E-state index contributed by atoms with van der Waals surface area (Å²) in [5, 5.41) is 0.665. The Kier molecular flexibility index (Phi) is 8.34. The number of ether oxygens (including phenoxy) is 2. The molecule has 256 valence electrons. The molecule has 0 unspecified atom stereocenters. The predicted molar refractivity (Wildman–Crippen MR) is 181 cm³/mol. The number of halogens is 2. The van der Waals surface area contributed by atoms with Crippen LogP contribution < -0.4 is 14.4 Å². The van der Waals surface area contributed by atoms with E-state index in [1.165, 1.54) is 22.4 Å². The number of rotatable bonds is 9. The van der Waals surface area contributed by atoms with Crippen LogP contribution in [-0.4, -0.2) is 100 Å². The van der Waals surface area contributed by atoms with E-state index in [9.17, 15) is 13.6 Å². The molecular formula is C37H41F2N7O3. The molecule has 10 nitrogen and oxygen atoms in total. The van der Waals surface area contributed by atoms with E-state index in [0.29, 0.717) is 42.0 Å². The van der Waals surface area contributed by atoms with Crippen LogP contribution in [0.3, 0.4) is 0 Å². The first kappa shape index (κ1) is 31.9. The van der Waals surface area contributed by atoms with Gasteiger partial charge in [0.2, 0.25) is 6.54 Å². The Bertz CT molecular complexity index is 1840. The lowest BCUT2D eigenvalue weighted by atomic mass is 9.87. The van der Waals surface area contributed by atoms with Gasteiger partial charge in [0.1, 0.15) is 35.8 Å². The van der Waals surface area contributed by atoms with E-state index in [1.54, 1.807) is 6.20 Å². The van der Waals surface area contributed by atoms with Gasteiger partial charge in [-0.1, -0.05) is 24.8 Å². The number of piperazine rings is 1. The molecule has 2 aliphatic carbocycles. The Morgan fingerprint density at radius 1 is 1.12 bits per heavy atom. The Morgan fingerprint density at radius 3 is 2.80 bits per heavy atom. The molecule has 3 aromatic rings. The number of amides is 1. The standard InChI is InChI=1S/C37H41F2N7O3/c1-23(38)35(47)46-16-15-44(21-26(46)18-40-2)34-30-19-41-31(29-10-5-8-24-7-3-4-9-28(24)29)33(49-27-11-12-27)32(30)42-36(43-34)48-22-37-13-6-14-45(37)20-25(39)17-37/h5,8,10,19,25-27H,1,3-4,6-7,9,11-18,20-22H2/t25-,26+,37+/m1/s1. The highest BCUT2D eigenvalue weighted by atomic mass is 19.1. The highest BCUT2D eigenvalue weighted by Gasteiger charge is 2.49. The molecule has 0 radical (unpaired) electrons. The van der Waals surface area contributed by atoms with Crippen molar-refractivity contribution in [3.8, 4) is 23.0 Å². The molecule has 49 heavy (non-hydrogen) atoms. The zero-order valence-electron chi connectivity index (χ0n) is 27.7. The van der Waals surface area contributed by atoms with Crippen molar-refractivity contribution in [1.82, 2.24) is 24.8 Å². The van der Waals surface area contributed by atoms with Gasteiger partial charge in [-0.25, -0.2) is 15.4 Å². The minimum Gasteiger partial charge on any atom is -0.486 e. The van der Waals surface area contributed by atoms with E-state index < -0.39 is 23.9 Å². The van der Waals surface area contributed by atoms with Crippen LogP contribution in [0.5, 0.6) is 11.8 Å². The van der Waals surface area contributed by atoms with Gasteiger partial charge in [0, 0.05) is 44.4 Å². The molecule has 1 saturated carbocycles. The van der Waals surface area contributed by atoms with E-state index >= 15 is 0 Å². The summed E-state index contributed by atoms with van der Waals surface area (Å²) in [6, 6.07) is 5.99. The molecule has 4 fully saturated rings. The largest absolute Gasteiger partial charge is 0.486 e. The van der Waals surface area contributed by atoms with E-state index in [4.69, 9.17) is 31.0 Å². The highest BCUT2D eigenvalue weighted by molar-refractivity contribution is 5.97. The number of alkyl halides is 1. The number of pyridine rings is 1. The molecular weight excluding hydrogens is 628 g/mol. The fourth-order valence-electron chi connectivity index (χ4n) is 8.37. The van der Waals surface area contributed by atoms with Gasteiger partial charge in [-0.2, -0.15) is 9.97 Å². The minimum atomic E-state index is -1.05. The number of benzene rings is 1. The Labute approximate surface area is 284 Å². The summed E-state index contributed by atoms with van der Waals surface area (Å²) in [4.78, 5) is 36.8. The normalized spacial score (nSPS) is 25.2. The van der Waals surface area contributed by atoms with Crippen molar-refractivity contribution in [3.63, 3.8) is 0 Å². The molecule has 1 amide bonds. The minimum absolute atomic E-state index is 0.00218. The van der Waals surface area contributed by atoms with Crippen molar-refractivity contribution >= 4 is 22.6 Å². The number of carbonyl (C=O) groups excluding carboxylic acids is 1. The predicted octanol–water partition coefficient (Wildman–Crippen LogP) is 5.49. The summed E-state index contributed by atoms with van der Waals surface area (Å²) in [6.07, 6.45) is 9.42. The highest BCUT2D eigenvalue weighted by Crippen LogP contribution is 2.44. The molecule has 5 aliphatic rings. The second kappa shape index (κ2) is 12.8. The van der Waals surface area contributed by atoms with Gasteiger partial charge in [0.05, 0.1) is 17.0 Å². The SMILES string of the molecule is [C-]#[N+]C[C@H]1CN(c2nc(OC[C@@]34CCCN3C[C@H](F)C4)nc3c(OC4CC4)c(-c4cccc5c4CCCC5)ncc23)CCN1C(=O)C(=C)F. The second-order valence-electron chi connectivity index (χ2n) is 14.2. The van der Waals surface area contributed by atoms with Crippen molar-refractivity contribution < 1.29 is 23.0 Å². The number of nitrogens with zero attached hydrogens (tertiary/aromatic N) is 7. The zero-order chi connectivity index (χ0) is 33.7. The van der Waals surface area contributed by atoms with Crippen LogP contribution in [0.25, 0.3) is 27.0 Å². The molecule has 8 rings (SSSR count). The molecule has 0 N–H and O–H groups in total. The lowest BCUT2D eigenvalue weighted by Gasteiger charge is -2.39. The number of aryl methyl sites for hydroxylation is 1. The summed E-state index contributed by atoms with van der Waals surface area (Å²) in [7, 11) is 0. The van der Waals surface area contributed by atoms with Gasteiger partial charge in [-0.15, -0.1) is 0 Å². The maximum Gasteiger partial charge on any atom is 0.319 e. The second-order valence-corrected chi connectivity index (χ2v) is 14.2. The lowest BCUT2D eigenvalue weighted by molar-refractivity contribution is -0.131. The fourth-order valence-corrected chi connectivity index (χ4v) is 8.37. The number of anilines is 1. The fraction of sp³-hybridized carbons (Fsp3) is 0.541. The van der Waals surface area contributed by atoms with Crippen molar-refractivity contribution in [2.24, 2.45) is 0 Å². The van der Waals surface area contributed by atoms with Crippen LogP contribution >= 0.6 is 0 Å². The van der Waals surface area contributed by atoms with Gasteiger partial charge < -0.3 is 24.1 Å².